The largest absolute Gasteiger partial charge is 0.478 e. The van der Waals surface area contributed by atoms with Crippen molar-refractivity contribution in [2.75, 3.05) is 23.4 Å². The molecule has 1 unspecified atom stereocenters. The minimum atomic E-state index is -1.26. The standard InChI is InChI=1S/C12H14Cl2N2O4S/c1-2-21(20)4-3-15-12(19)16-10-8(11(17)18)5-7(13)6-9(10)14/h5-6H,2-4H2,1H3,(H,17,18)(H2,15,16,19). The maximum atomic E-state index is 11.7. The average molecular weight is 353 g/mol. The molecule has 0 spiro atoms. The number of carbonyl (C=O) groups excluding carboxylic acids is 1. The number of halogens is 2. The molecule has 0 bridgehead atoms. The number of carboxylic acids is 1. The predicted octanol–water partition coefficient (Wildman–Crippen LogP) is 2.58. The van der Waals surface area contributed by atoms with Crippen LogP contribution in [0.25, 0.3) is 0 Å². The van der Waals surface area contributed by atoms with Gasteiger partial charge in [-0.2, -0.15) is 0 Å². The molecular weight excluding hydrogens is 339 g/mol. The zero-order valence-corrected chi connectivity index (χ0v) is 13.4. The molecule has 0 heterocycles. The molecule has 0 aliphatic rings. The molecule has 0 aliphatic carbocycles. The van der Waals surface area contributed by atoms with Gasteiger partial charge in [-0.05, 0) is 12.1 Å². The molecule has 0 fully saturated rings. The van der Waals surface area contributed by atoms with Crippen LogP contribution in [0.2, 0.25) is 10.0 Å². The number of carboxylic acid groups (broad SMARTS) is 1. The number of nitrogens with one attached hydrogen (secondary N) is 2. The Bertz CT molecular complexity index is 581. The summed E-state index contributed by atoms with van der Waals surface area (Å²) in [7, 11) is -0.989. The van der Waals surface area contributed by atoms with Gasteiger partial charge in [0.15, 0.2) is 0 Å². The highest BCUT2D eigenvalue weighted by atomic mass is 35.5. The van der Waals surface area contributed by atoms with E-state index in [1.165, 1.54) is 12.1 Å². The Balaban J connectivity index is 2.76. The highest BCUT2D eigenvalue weighted by Crippen LogP contribution is 2.30. The van der Waals surface area contributed by atoms with Crippen LogP contribution in [-0.2, 0) is 10.8 Å². The molecule has 2 amide bonds. The molecule has 3 N–H and O–H groups in total. The van der Waals surface area contributed by atoms with E-state index >= 15 is 0 Å². The normalized spacial score (nSPS) is 11.8. The third-order valence-electron chi connectivity index (χ3n) is 2.46. The van der Waals surface area contributed by atoms with Crippen molar-refractivity contribution in [3.8, 4) is 0 Å². The van der Waals surface area contributed by atoms with Gasteiger partial charge in [-0.15, -0.1) is 0 Å². The molecule has 1 aromatic carbocycles. The zero-order valence-electron chi connectivity index (χ0n) is 11.1. The smallest absolute Gasteiger partial charge is 0.337 e. The molecule has 1 aromatic rings. The van der Waals surface area contributed by atoms with Gasteiger partial charge in [0.25, 0.3) is 0 Å². The minimum Gasteiger partial charge on any atom is -0.478 e. The summed E-state index contributed by atoms with van der Waals surface area (Å²) in [6.07, 6.45) is 0. The van der Waals surface area contributed by atoms with Gasteiger partial charge in [0.05, 0.1) is 16.3 Å². The molecule has 1 atom stereocenters. The van der Waals surface area contributed by atoms with Crippen LogP contribution in [-0.4, -0.2) is 39.4 Å². The summed E-state index contributed by atoms with van der Waals surface area (Å²) in [5.41, 5.74) is -0.248. The SMILES string of the molecule is CCS(=O)CCNC(=O)Nc1c(Cl)cc(Cl)cc1C(=O)O. The van der Waals surface area contributed by atoms with E-state index in [0.29, 0.717) is 11.5 Å². The van der Waals surface area contributed by atoms with E-state index in [1.807, 2.05) is 0 Å². The Hall–Kier alpha value is -1.31. The third-order valence-corrected chi connectivity index (χ3v) is 4.28. The van der Waals surface area contributed by atoms with Crippen molar-refractivity contribution in [2.45, 2.75) is 6.92 Å². The fourth-order valence-electron chi connectivity index (χ4n) is 1.45. The maximum Gasteiger partial charge on any atom is 0.337 e. The Morgan fingerprint density at radius 2 is 2.00 bits per heavy atom. The zero-order chi connectivity index (χ0) is 16.0. The van der Waals surface area contributed by atoms with Gasteiger partial charge in [0.2, 0.25) is 0 Å². The number of hydrogen-bond acceptors (Lipinski definition) is 3. The van der Waals surface area contributed by atoms with E-state index in [9.17, 15) is 13.8 Å². The van der Waals surface area contributed by atoms with Crippen molar-refractivity contribution in [1.29, 1.82) is 0 Å². The third kappa shape index (κ3) is 5.53. The molecule has 0 saturated carbocycles. The lowest BCUT2D eigenvalue weighted by molar-refractivity contribution is 0.0698. The number of benzene rings is 1. The number of carbonyl (C=O) groups is 2. The highest BCUT2D eigenvalue weighted by molar-refractivity contribution is 7.84. The first-order chi connectivity index (χ1) is 9.85. The van der Waals surface area contributed by atoms with Crippen molar-refractivity contribution in [3.63, 3.8) is 0 Å². The molecule has 116 valence electrons. The molecule has 21 heavy (non-hydrogen) atoms. The summed E-state index contributed by atoms with van der Waals surface area (Å²) in [5.74, 6) is -0.429. The van der Waals surface area contributed by atoms with E-state index in [4.69, 9.17) is 28.3 Å². The van der Waals surface area contributed by atoms with Gasteiger partial charge in [-0.3, -0.25) is 4.21 Å². The number of hydrogen-bond donors (Lipinski definition) is 3. The van der Waals surface area contributed by atoms with Gasteiger partial charge in [0.1, 0.15) is 0 Å². The monoisotopic (exact) mass is 352 g/mol. The van der Waals surface area contributed by atoms with Crippen LogP contribution in [0.4, 0.5) is 10.5 Å². The summed E-state index contributed by atoms with van der Waals surface area (Å²) in [6, 6.07) is 1.89. The van der Waals surface area contributed by atoms with Crippen molar-refractivity contribution in [2.24, 2.45) is 0 Å². The minimum absolute atomic E-state index is 0.0205. The molecular formula is C12H14Cl2N2O4S. The Morgan fingerprint density at radius 1 is 1.33 bits per heavy atom. The first-order valence-electron chi connectivity index (χ1n) is 5.97. The van der Waals surface area contributed by atoms with Gasteiger partial charge in [-0.1, -0.05) is 30.1 Å². The average Bonchev–Trinajstić information content (AvgIpc) is 2.41. The van der Waals surface area contributed by atoms with Crippen LogP contribution < -0.4 is 10.6 Å². The molecule has 6 nitrogen and oxygen atoms in total. The summed E-state index contributed by atoms with van der Waals surface area (Å²) < 4.78 is 11.2. The fraction of sp³-hybridized carbons (Fsp3) is 0.333. The van der Waals surface area contributed by atoms with Crippen LogP contribution in [0, 0.1) is 0 Å². The quantitative estimate of drug-likeness (QED) is 0.733. The molecule has 0 aliphatic heterocycles. The lowest BCUT2D eigenvalue weighted by atomic mass is 10.2. The summed E-state index contributed by atoms with van der Waals surface area (Å²) in [5, 5.41) is 14.1. The second-order valence-corrected chi connectivity index (χ2v) is 6.64. The molecule has 0 saturated heterocycles. The van der Waals surface area contributed by atoms with E-state index in [-0.39, 0.29) is 27.8 Å². The van der Waals surface area contributed by atoms with Crippen LogP contribution in [0.3, 0.4) is 0 Å². The topological polar surface area (TPSA) is 95.5 Å². The second kappa shape index (κ2) is 8.21. The van der Waals surface area contributed by atoms with Gasteiger partial charge in [-0.25, -0.2) is 9.59 Å². The predicted molar refractivity (Wildman–Crippen MR) is 84.0 cm³/mol. The van der Waals surface area contributed by atoms with Crippen LogP contribution in [0.5, 0.6) is 0 Å². The van der Waals surface area contributed by atoms with E-state index in [0.717, 1.165) is 0 Å². The summed E-state index contributed by atoms with van der Waals surface area (Å²) >= 11 is 11.6. The summed E-state index contributed by atoms with van der Waals surface area (Å²) in [6.45, 7) is 1.99. The number of aromatic carboxylic acids is 1. The Labute approximate surface area is 134 Å². The lowest BCUT2D eigenvalue weighted by Gasteiger charge is -2.12. The summed E-state index contributed by atoms with van der Waals surface area (Å²) in [4.78, 5) is 22.8. The van der Waals surface area contributed by atoms with Crippen molar-refractivity contribution in [3.05, 3.63) is 27.7 Å². The Morgan fingerprint density at radius 3 is 2.57 bits per heavy atom. The highest BCUT2D eigenvalue weighted by Gasteiger charge is 2.17. The number of rotatable bonds is 6. The van der Waals surface area contributed by atoms with E-state index in [2.05, 4.69) is 10.6 Å². The molecule has 0 radical (unpaired) electrons. The first kappa shape index (κ1) is 17.7. The maximum absolute atomic E-state index is 11.7. The van der Waals surface area contributed by atoms with Crippen molar-refractivity contribution < 1.29 is 18.9 Å². The van der Waals surface area contributed by atoms with Gasteiger partial charge >= 0.3 is 12.0 Å². The number of amides is 2. The number of anilines is 1. The van der Waals surface area contributed by atoms with Crippen LogP contribution >= 0.6 is 23.2 Å². The molecule has 1 rings (SSSR count). The van der Waals surface area contributed by atoms with Gasteiger partial charge < -0.3 is 15.7 Å². The van der Waals surface area contributed by atoms with Crippen LogP contribution in [0.15, 0.2) is 12.1 Å². The lowest BCUT2D eigenvalue weighted by Crippen LogP contribution is -2.32. The number of urea groups is 1. The fourth-order valence-corrected chi connectivity index (χ4v) is 2.61. The van der Waals surface area contributed by atoms with Crippen LogP contribution in [0.1, 0.15) is 17.3 Å². The Kier molecular flexibility index (Phi) is 6.94. The van der Waals surface area contributed by atoms with Crippen molar-refractivity contribution in [1.82, 2.24) is 5.32 Å². The van der Waals surface area contributed by atoms with E-state index in [1.54, 1.807) is 6.92 Å². The second-order valence-electron chi connectivity index (χ2n) is 3.93. The van der Waals surface area contributed by atoms with Crippen molar-refractivity contribution >= 4 is 51.7 Å². The molecule has 9 heteroatoms. The van der Waals surface area contributed by atoms with Gasteiger partial charge in [0, 0.05) is 33.9 Å². The molecule has 0 aromatic heterocycles. The van der Waals surface area contributed by atoms with E-state index < -0.39 is 22.8 Å². The first-order valence-corrected chi connectivity index (χ1v) is 8.21.